The van der Waals surface area contributed by atoms with Gasteiger partial charge in [0.25, 0.3) is 0 Å². The van der Waals surface area contributed by atoms with Gasteiger partial charge in [0.2, 0.25) is 0 Å². The fourth-order valence-corrected chi connectivity index (χ4v) is 6.09. The summed E-state index contributed by atoms with van der Waals surface area (Å²) in [5, 5.41) is 5.97. The van der Waals surface area contributed by atoms with Gasteiger partial charge in [-0.15, -0.1) is 0 Å². The molecule has 2 aromatic carbocycles. The molecule has 4 aromatic rings. The molecule has 0 spiro atoms. The van der Waals surface area contributed by atoms with Crippen LogP contribution in [0.5, 0.6) is 0 Å². The minimum atomic E-state index is 0.304. The quantitative estimate of drug-likeness (QED) is 0.413. The Morgan fingerprint density at radius 2 is 1.50 bits per heavy atom. The second-order valence-electron chi connectivity index (χ2n) is 10.4. The SMILES string of the molecule is c1ccc(CN2CCC(n3ncc4c(N5CC6CCC(C5)O6)nc(-c5ccccc5)nc43)CC2)cc1. The molecule has 0 N–H and O–H groups in total. The van der Waals surface area contributed by atoms with E-state index in [0.717, 1.165) is 86.6 Å². The number of piperidine rings is 1. The predicted molar refractivity (Wildman–Crippen MR) is 141 cm³/mol. The highest BCUT2D eigenvalue weighted by Gasteiger charge is 2.35. The Balaban J connectivity index is 1.20. The van der Waals surface area contributed by atoms with Crippen LogP contribution in [-0.2, 0) is 11.3 Å². The fraction of sp³-hybridized carbons (Fsp3) is 0.414. The number of fused-ring (bicyclic) bond motifs is 3. The summed E-state index contributed by atoms with van der Waals surface area (Å²) in [6.45, 7) is 4.92. The van der Waals surface area contributed by atoms with Gasteiger partial charge in [-0.05, 0) is 31.2 Å². The summed E-state index contributed by atoms with van der Waals surface area (Å²) in [5.41, 5.74) is 3.38. The van der Waals surface area contributed by atoms with Gasteiger partial charge in [0.1, 0.15) is 5.82 Å². The van der Waals surface area contributed by atoms with E-state index in [4.69, 9.17) is 19.8 Å². The second kappa shape index (κ2) is 9.30. The van der Waals surface area contributed by atoms with E-state index in [1.807, 2.05) is 12.3 Å². The average molecular weight is 481 g/mol. The Morgan fingerprint density at radius 1 is 0.806 bits per heavy atom. The standard InChI is InChI=1S/C29H32N6O/c1-3-7-21(8-4-1)18-33-15-13-23(14-16-33)35-29-26(17-30-35)28(34-19-24-11-12-25(20-34)36-24)31-27(32-29)22-9-5-2-6-10-22/h1-10,17,23-25H,11-16,18-20H2. The molecule has 2 bridgehead atoms. The van der Waals surface area contributed by atoms with Gasteiger partial charge in [-0.25, -0.2) is 14.6 Å². The molecule has 0 aliphatic carbocycles. The van der Waals surface area contributed by atoms with E-state index in [2.05, 4.69) is 69.1 Å². The fourth-order valence-electron chi connectivity index (χ4n) is 6.09. The van der Waals surface area contributed by atoms with E-state index in [9.17, 15) is 0 Å². The van der Waals surface area contributed by atoms with Gasteiger partial charge in [-0.2, -0.15) is 5.10 Å². The van der Waals surface area contributed by atoms with Crippen LogP contribution in [0.2, 0.25) is 0 Å². The summed E-state index contributed by atoms with van der Waals surface area (Å²) in [5.74, 6) is 1.78. The largest absolute Gasteiger partial charge is 0.371 e. The summed E-state index contributed by atoms with van der Waals surface area (Å²) in [4.78, 5) is 15.2. The number of nitrogens with zero attached hydrogens (tertiary/aromatic N) is 6. The molecule has 0 amide bonds. The Labute approximate surface area is 211 Å². The zero-order valence-electron chi connectivity index (χ0n) is 20.5. The molecule has 2 aromatic heterocycles. The van der Waals surface area contributed by atoms with Crippen LogP contribution in [0.3, 0.4) is 0 Å². The summed E-state index contributed by atoms with van der Waals surface area (Å²) in [6, 6.07) is 21.4. The molecular formula is C29H32N6O. The predicted octanol–water partition coefficient (Wildman–Crippen LogP) is 4.70. The van der Waals surface area contributed by atoms with Gasteiger partial charge in [0.05, 0.1) is 29.8 Å². The van der Waals surface area contributed by atoms with Crippen molar-refractivity contribution >= 4 is 16.9 Å². The third kappa shape index (κ3) is 4.16. The van der Waals surface area contributed by atoms with Crippen LogP contribution in [0.4, 0.5) is 5.82 Å². The lowest BCUT2D eigenvalue weighted by Gasteiger charge is -2.33. The maximum Gasteiger partial charge on any atom is 0.164 e. The van der Waals surface area contributed by atoms with E-state index < -0.39 is 0 Å². The monoisotopic (exact) mass is 480 g/mol. The summed E-state index contributed by atoms with van der Waals surface area (Å²) < 4.78 is 8.30. The van der Waals surface area contributed by atoms with Crippen molar-refractivity contribution in [1.29, 1.82) is 0 Å². The molecule has 3 aliphatic heterocycles. The van der Waals surface area contributed by atoms with Gasteiger partial charge in [-0.3, -0.25) is 4.90 Å². The first kappa shape index (κ1) is 21.9. The Kier molecular flexibility index (Phi) is 5.67. The summed E-state index contributed by atoms with van der Waals surface area (Å²) >= 11 is 0. The normalized spacial score (nSPS) is 22.9. The van der Waals surface area contributed by atoms with Crippen molar-refractivity contribution in [3.8, 4) is 11.4 Å². The van der Waals surface area contributed by atoms with Gasteiger partial charge in [0.15, 0.2) is 11.5 Å². The lowest BCUT2D eigenvalue weighted by atomic mass is 10.0. The molecule has 3 fully saturated rings. The Hall–Kier alpha value is -3.29. The van der Waals surface area contributed by atoms with E-state index >= 15 is 0 Å². The topological polar surface area (TPSA) is 59.3 Å². The highest BCUT2D eigenvalue weighted by molar-refractivity contribution is 5.89. The molecule has 7 nitrogen and oxygen atoms in total. The van der Waals surface area contributed by atoms with Crippen molar-refractivity contribution in [2.24, 2.45) is 0 Å². The van der Waals surface area contributed by atoms with Gasteiger partial charge in [-0.1, -0.05) is 60.7 Å². The smallest absolute Gasteiger partial charge is 0.164 e. The zero-order valence-corrected chi connectivity index (χ0v) is 20.5. The number of benzene rings is 2. The van der Waals surface area contributed by atoms with Crippen LogP contribution in [0.1, 0.15) is 37.3 Å². The minimum absolute atomic E-state index is 0.304. The first-order valence-electron chi connectivity index (χ1n) is 13.3. The number of ether oxygens (including phenoxy) is 1. The van der Waals surface area contributed by atoms with Gasteiger partial charge in [0, 0.05) is 38.3 Å². The number of morpholine rings is 1. The van der Waals surface area contributed by atoms with Crippen molar-refractivity contribution in [1.82, 2.24) is 24.6 Å². The number of aromatic nitrogens is 4. The van der Waals surface area contributed by atoms with Crippen molar-refractivity contribution in [3.63, 3.8) is 0 Å². The van der Waals surface area contributed by atoms with Crippen LogP contribution in [-0.4, -0.2) is 63.0 Å². The number of hydrogen-bond acceptors (Lipinski definition) is 6. The molecule has 36 heavy (non-hydrogen) atoms. The molecule has 5 heterocycles. The average Bonchev–Trinajstić information content (AvgIpc) is 3.52. The molecular weight excluding hydrogens is 448 g/mol. The lowest BCUT2D eigenvalue weighted by molar-refractivity contribution is 0.0303. The van der Waals surface area contributed by atoms with Crippen LogP contribution < -0.4 is 4.90 Å². The highest BCUT2D eigenvalue weighted by atomic mass is 16.5. The van der Waals surface area contributed by atoms with Crippen LogP contribution in [0, 0.1) is 0 Å². The second-order valence-corrected chi connectivity index (χ2v) is 10.4. The van der Waals surface area contributed by atoms with Gasteiger partial charge >= 0.3 is 0 Å². The molecule has 184 valence electrons. The maximum absolute atomic E-state index is 6.12. The third-order valence-corrected chi connectivity index (χ3v) is 7.96. The Bertz CT molecular complexity index is 1320. The van der Waals surface area contributed by atoms with Crippen molar-refractivity contribution in [3.05, 3.63) is 72.4 Å². The van der Waals surface area contributed by atoms with Gasteiger partial charge < -0.3 is 9.64 Å². The van der Waals surface area contributed by atoms with Crippen LogP contribution in [0.25, 0.3) is 22.4 Å². The van der Waals surface area contributed by atoms with Crippen LogP contribution >= 0.6 is 0 Å². The molecule has 2 unspecified atom stereocenters. The van der Waals surface area contributed by atoms with E-state index in [1.54, 1.807) is 0 Å². The summed E-state index contributed by atoms with van der Waals surface area (Å²) in [6.07, 6.45) is 7.03. The molecule has 7 heteroatoms. The lowest BCUT2D eigenvalue weighted by Crippen LogP contribution is -2.43. The van der Waals surface area contributed by atoms with Crippen molar-refractivity contribution in [2.75, 3.05) is 31.1 Å². The molecule has 2 atom stereocenters. The summed E-state index contributed by atoms with van der Waals surface area (Å²) in [7, 11) is 0. The number of anilines is 1. The number of likely N-dealkylation sites (tertiary alicyclic amines) is 1. The number of rotatable bonds is 5. The molecule has 0 radical (unpaired) electrons. The molecule has 7 rings (SSSR count). The highest BCUT2D eigenvalue weighted by Crippen LogP contribution is 2.35. The third-order valence-electron chi connectivity index (χ3n) is 7.96. The molecule has 3 aliphatic rings. The number of hydrogen-bond donors (Lipinski definition) is 0. The van der Waals surface area contributed by atoms with Crippen LogP contribution in [0.15, 0.2) is 66.9 Å². The zero-order chi connectivity index (χ0) is 23.9. The first-order valence-corrected chi connectivity index (χ1v) is 13.3. The molecule has 0 saturated carbocycles. The maximum atomic E-state index is 6.12. The first-order chi connectivity index (χ1) is 17.8. The minimum Gasteiger partial charge on any atom is -0.371 e. The van der Waals surface area contributed by atoms with E-state index in [1.165, 1.54) is 5.56 Å². The van der Waals surface area contributed by atoms with E-state index in [-0.39, 0.29) is 0 Å². The van der Waals surface area contributed by atoms with Crippen molar-refractivity contribution in [2.45, 2.75) is 50.5 Å². The van der Waals surface area contributed by atoms with E-state index in [0.29, 0.717) is 18.2 Å². The Morgan fingerprint density at radius 3 is 2.22 bits per heavy atom. The van der Waals surface area contributed by atoms with Crippen molar-refractivity contribution < 1.29 is 4.74 Å². The molecule has 3 saturated heterocycles.